The zero-order chi connectivity index (χ0) is 17.6. The molecule has 0 unspecified atom stereocenters. The fourth-order valence-corrected chi connectivity index (χ4v) is 1.57. The Kier molecular flexibility index (Phi) is 6.07. The van der Waals surface area contributed by atoms with Crippen molar-refractivity contribution < 1.29 is 22.3 Å². The van der Waals surface area contributed by atoms with Gasteiger partial charge >= 0.3 is 10.4 Å². The van der Waals surface area contributed by atoms with E-state index in [9.17, 15) is 4.79 Å². The molecular weight excluding hydrogens is 328 g/mol. The first kappa shape index (κ1) is 18.4. The summed E-state index contributed by atoms with van der Waals surface area (Å²) in [6.45, 7) is 2.40. The highest BCUT2D eigenvalue weighted by molar-refractivity contribution is 7.79. The predicted octanol–water partition coefficient (Wildman–Crippen LogP) is 0.347. The monoisotopic (exact) mass is 344 g/mol. The van der Waals surface area contributed by atoms with E-state index in [0.29, 0.717) is 23.7 Å². The minimum absolute atomic E-state index is 0.0139. The number of H-pyrrole nitrogens is 1. The fraction of sp³-hybridized carbons (Fsp3) is 0.167. The number of aromatic nitrogens is 2. The molecule has 126 valence electrons. The number of anilines is 2. The lowest BCUT2D eigenvalue weighted by Crippen LogP contribution is -2.17. The number of hydrogen-bond donors (Lipinski definition) is 5. The Morgan fingerprint density at radius 2 is 1.83 bits per heavy atom. The topological polar surface area (TPSA) is 182 Å². The standard InChI is InChI=1S/C12H14N4O2.H2O4S/c1-2-18-8-6-4-3-5-7(8)11-15-10(14)9(13)12(17)16-11;1-5(2,3)4/h3-6H,2,13H2,1H3,(H3,14,15,16,17);(H2,1,2,3,4). The third kappa shape index (κ3) is 5.94. The Balaban J connectivity index is 0.000000463. The van der Waals surface area contributed by atoms with E-state index < -0.39 is 16.0 Å². The molecule has 0 aliphatic heterocycles. The SMILES string of the molecule is CCOc1ccccc1-c1nc(N)c(N)c(=O)[nH]1.O=S(=O)(O)O. The second-order valence-electron chi connectivity index (χ2n) is 4.09. The highest BCUT2D eigenvalue weighted by Crippen LogP contribution is 2.27. The summed E-state index contributed by atoms with van der Waals surface area (Å²) in [4.78, 5) is 18.2. The normalized spacial score (nSPS) is 10.6. The molecule has 10 nitrogen and oxygen atoms in total. The second kappa shape index (κ2) is 7.58. The molecule has 0 atom stereocenters. The highest BCUT2D eigenvalue weighted by Gasteiger charge is 2.11. The maximum atomic E-state index is 11.6. The van der Waals surface area contributed by atoms with E-state index in [2.05, 4.69) is 9.97 Å². The van der Waals surface area contributed by atoms with Crippen LogP contribution >= 0.6 is 0 Å². The number of nitrogen functional groups attached to an aromatic ring is 2. The Morgan fingerprint density at radius 3 is 2.35 bits per heavy atom. The quantitative estimate of drug-likeness (QED) is 0.490. The van der Waals surface area contributed by atoms with Gasteiger partial charge < -0.3 is 21.2 Å². The van der Waals surface area contributed by atoms with E-state index >= 15 is 0 Å². The van der Waals surface area contributed by atoms with Gasteiger partial charge in [-0.2, -0.15) is 8.42 Å². The molecule has 1 aromatic heterocycles. The van der Waals surface area contributed by atoms with Crippen LogP contribution in [0.4, 0.5) is 11.5 Å². The van der Waals surface area contributed by atoms with Crippen LogP contribution in [-0.2, 0) is 10.4 Å². The van der Waals surface area contributed by atoms with E-state index in [-0.39, 0.29) is 11.5 Å². The maximum absolute atomic E-state index is 11.6. The van der Waals surface area contributed by atoms with Gasteiger partial charge in [0.15, 0.2) is 5.82 Å². The van der Waals surface area contributed by atoms with E-state index in [0.717, 1.165) is 0 Å². The Morgan fingerprint density at radius 1 is 1.26 bits per heavy atom. The van der Waals surface area contributed by atoms with Crippen LogP contribution in [0.25, 0.3) is 11.4 Å². The molecule has 11 heteroatoms. The molecule has 2 aromatic rings. The summed E-state index contributed by atoms with van der Waals surface area (Å²) in [6, 6.07) is 7.25. The summed E-state index contributed by atoms with van der Waals surface area (Å²) in [5.41, 5.74) is 11.2. The zero-order valence-electron chi connectivity index (χ0n) is 12.1. The fourth-order valence-electron chi connectivity index (χ4n) is 1.57. The van der Waals surface area contributed by atoms with Crippen LogP contribution in [-0.4, -0.2) is 34.1 Å². The molecule has 0 fully saturated rings. The first-order valence-corrected chi connectivity index (χ1v) is 7.60. The lowest BCUT2D eigenvalue weighted by atomic mass is 10.2. The summed E-state index contributed by atoms with van der Waals surface area (Å²) >= 11 is 0. The molecule has 23 heavy (non-hydrogen) atoms. The number of hydrogen-bond acceptors (Lipinski definition) is 7. The van der Waals surface area contributed by atoms with Crippen LogP contribution in [0, 0.1) is 0 Å². The summed E-state index contributed by atoms with van der Waals surface area (Å²) in [5, 5.41) is 0. The van der Waals surface area contributed by atoms with Gasteiger partial charge in [-0.1, -0.05) is 12.1 Å². The van der Waals surface area contributed by atoms with E-state index in [1.807, 2.05) is 19.1 Å². The summed E-state index contributed by atoms with van der Waals surface area (Å²) in [6.07, 6.45) is 0. The Hall–Kier alpha value is -2.63. The summed E-state index contributed by atoms with van der Waals surface area (Å²) in [7, 11) is -4.67. The van der Waals surface area contributed by atoms with Crippen molar-refractivity contribution in [2.45, 2.75) is 6.92 Å². The molecular formula is C12H16N4O6S. The largest absolute Gasteiger partial charge is 0.493 e. The second-order valence-corrected chi connectivity index (χ2v) is 4.99. The molecule has 0 aliphatic carbocycles. The molecule has 1 heterocycles. The number of nitrogens with two attached hydrogens (primary N) is 2. The van der Waals surface area contributed by atoms with Gasteiger partial charge in [0.1, 0.15) is 17.3 Å². The molecule has 7 N–H and O–H groups in total. The minimum atomic E-state index is -4.67. The van der Waals surface area contributed by atoms with Crippen molar-refractivity contribution in [1.29, 1.82) is 0 Å². The summed E-state index contributed by atoms with van der Waals surface area (Å²) < 4.78 is 37.1. The van der Waals surface area contributed by atoms with E-state index in [1.54, 1.807) is 12.1 Å². The number of aromatic amines is 1. The van der Waals surface area contributed by atoms with Crippen LogP contribution in [0.3, 0.4) is 0 Å². The van der Waals surface area contributed by atoms with Crippen LogP contribution in [0.2, 0.25) is 0 Å². The van der Waals surface area contributed by atoms with Gasteiger partial charge in [-0.15, -0.1) is 0 Å². The molecule has 2 rings (SSSR count). The third-order valence-electron chi connectivity index (χ3n) is 2.43. The molecule has 0 radical (unpaired) electrons. The van der Waals surface area contributed by atoms with Gasteiger partial charge in [-0.3, -0.25) is 13.9 Å². The Labute approximate surface area is 131 Å². The molecule has 1 aromatic carbocycles. The predicted molar refractivity (Wildman–Crippen MR) is 84.5 cm³/mol. The van der Waals surface area contributed by atoms with E-state index in [4.69, 9.17) is 33.7 Å². The molecule has 0 aliphatic rings. The van der Waals surface area contributed by atoms with Gasteiger partial charge in [-0.25, -0.2) is 4.98 Å². The number of nitrogens with zero attached hydrogens (tertiary/aromatic N) is 1. The smallest absolute Gasteiger partial charge is 0.394 e. The van der Waals surface area contributed by atoms with Crippen molar-refractivity contribution in [2.75, 3.05) is 18.1 Å². The highest BCUT2D eigenvalue weighted by atomic mass is 32.3. The molecule has 0 bridgehead atoms. The average molecular weight is 344 g/mol. The number of ether oxygens (including phenoxy) is 1. The molecule has 0 saturated heterocycles. The third-order valence-corrected chi connectivity index (χ3v) is 2.43. The lowest BCUT2D eigenvalue weighted by molar-refractivity contribution is 0.341. The van der Waals surface area contributed by atoms with Crippen molar-refractivity contribution >= 4 is 21.9 Å². The van der Waals surface area contributed by atoms with Crippen molar-refractivity contribution in [3.8, 4) is 17.1 Å². The van der Waals surface area contributed by atoms with Crippen LogP contribution in [0.15, 0.2) is 29.1 Å². The summed E-state index contributed by atoms with van der Waals surface area (Å²) in [5.74, 6) is 0.989. The van der Waals surface area contributed by atoms with E-state index in [1.165, 1.54) is 0 Å². The lowest BCUT2D eigenvalue weighted by Gasteiger charge is -2.09. The van der Waals surface area contributed by atoms with Gasteiger partial charge in [0.05, 0.1) is 12.2 Å². The zero-order valence-corrected chi connectivity index (χ0v) is 12.9. The van der Waals surface area contributed by atoms with Crippen LogP contribution in [0.1, 0.15) is 6.92 Å². The van der Waals surface area contributed by atoms with Crippen molar-refractivity contribution in [3.63, 3.8) is 0 Å². The van der Waals surface area contributed by atoms with Gasteiger partial charge in [-0.05, 0) is 19.1 Å². The number of para-hydroxylation sites is 1. The van der Waals surface area contributed by atoms with Gasteiger partial charge in [0.25, 0.3) is 5.56 Å². The van der Waals surface area contributed by atoms with Crippen molar-refractivity contribution in [3.05, 3.63) is 34.6 Å². The number of rotatable bonds is 3. The van der Waals surface area contributed by atoms with Crippen molar-refractivity contribution in [1.82, 2.24) is 9.97 Å². The van der Waals surface area contributed by atoms with Gasteiger partial charge in [0, 0.05) is 0 Å². The van der Waals surface area contributed by atoms with Crippen molar-refractivity contribution in [2.24, 2.45) is 0 Å². The maximum Gasteiger partial charge on any atom is 0.394 e. The van der Waals surface area contributed by atoms with Crippen LogP contribution < -0.4 is 21.8 Å². The number of benzene rings is 1. The van der Waals surface area contributed by atoms with Crippen LogP contribution in [0.5, 0.6) is 5.75 Å². The molecule has 0 saturated carbocycles. The Bertz CT molecular complexity index is 826. The first-order valence-electron chi connectivity index (χ1n) is 6.20. The first-order chi connectivity index (χ1) is 10.6. The van der Waals surface area contributed by atoms with Gasteiger partial charge in [0.2, 0.25) is 0 Å². The minimum Gasteiger partial charge on any atom is -0.493 e. The average Bonchev–Trinajstić information content (AvgIpc) is 2.43. The molecule has 0 amide bonds. The number of nitrogens with one attached hydrogen (secondary N) is 1. The molecule has 0 spiro atoms.